The van der Waals surface area contributed by atoms with E-state index in [1.165, 1.54) is 4.88 Å². The quantitative estimate of drug-likeness (QED) is 0.600. The number of thiazole rings is 1. The van der Waals surface area contributed by atoms with Crippen molar-refractivity contribution in [3.63, 3.8) is 0 Å². The molecule has 3 aromatic rings. The van der Waals surface area contributed by atoms with Crippen LogP contribution >= 0.6 is 22.7 Å². The van der Waals surface area contributed by atoms with Gasteiger partial charge in [0.1, 0.15) is 5.01 Å². The maximum atomic E-state index is 4.40. The highest BCUT2D eigenvalue weighted by Crippen LogP contribution is 2.28. The van der Waals surface area contributed by atoms with Crippen LogP contribution in [0.25, 0.3) is 9.88 Å². The molecule has 0 atom stereocenters. The average Bonchev–Trinajstić information content (AvgIpc) is 3.08. The van der Waals surface area contributed by atoms with Crippen LogP contribution in [0.3, 0.4) is 0 Å². The molecule has 2 aromatic heterocycles. The second-order valence-corrected chi connectivity index (χ2v) is 5.60. The second kappa shape index (κ2) is 5.18. The zero-order valence-electron chi connectivity index (χ0n) is 9.46. The lowest BCUT2D eigenvalue weighted by atomic mass is 10.2. The van der Waals surface area contributed by atoms with Gasteiger partial charge < -0.3 is 0 Å². The largest absolute Gasteiger partial charge is 0.242 e. The fourth-order valence-electron chi connectivity index (χ4n) is 1.50. The molecule has 0 fully saturated rings. The van der Waals surface area contributed by atoms with Gasteiger partial charge in [0.15, 0.2) is 0 Å². The smallest absolute Gasteiger partial charge is 0.134 e. The molecule has 0 saturated heterocycles. The highest BCUT2D eigenvalue weighted by Gasteiger charge is 2.03. The van der Waals surface area contributed by atoms with Crippen LogP contribution in [-0.2, 0) is 0 Å². The van der Waals surface area contributed by atoms with Gasteiger partial charge in [-0.2, -0.15) is 0 Å². The van der Waals surface area contributed by atoms with Crippen LogP contribution in [0.2, 0.25) is 0 Å². The predicted octanol–water partition coefficient (Wildman–Crippen LogP) is 4.27. The number of hydrogen-bond acceptors (Lipinski definition) is 3. The maximum Gasteiger partial charge on any atom is 0.134 e. The molecule has 0 amide bonds. The number of thiophene rings is 1. The third-order valence-electron chi connectivity index (χ3n) is 2.34. The van der Waals surface area contributed by atoms with Crippen molar-refractivity contribution in [3.8, 4) is 21.7 Å². The van der Waals surface area contributed by atoms with Crippen LogP contribution in [-0.4, -0.2) is 4.98 Å². The lowest BCUT2D eigenvalue weighted by Crippen LogP contribution is -1.70. The molecule has 0 N–H and O–H groups in total. The highest BCUT2D eigenvalue weighted by atomic mass is 32.1. The Hall–Kier alpha value is -1.89. The zero-order valence-corrected chi connectivity index (χ0v) is 11.1. The summed E-state index contributed by atoms with van der Waals surface area (Å²) in [6.45, 7) is 0. The van der Waals surface area contributed by atoms with E-state index in [4.69, 9.17) is 0 Å². The number of aromatic nitrogens is 1. The van der Waals surface area contributed by atoms with Gasteiger partial charge in [-0.05, 0) is 29.5 Å². The molecule has 0 bridgehead atoms. The molecule has 86 valence electrons. The van der Waals surface area contributed by atoms with E-state index in [2.05, 4.69) is 28.3 Å². The Balaban J connectivity index is 1.85. The van der Waals surface area contributed by atoms with E-state index in [1.807, 2.05) is 42.6 Å². The zero-order chi connectivity index (χ0) is 12.2. The SMILES string of the molecule is C(#Cc1cnc(-c2cccs2)s1)c1ccccc1. The summed E-state index contributed by atoms with van der Waals surface area (Å²) in [5.74, 6) is 6.30. The van der Waals surface area contributed by atoms with Crippen molar-refractivity contribution >= 4 is 22.7 Å². The van der Waals surface area contributed by atoms with Gasteiger partial charge in [-0.15, -0.1) is 22.7 Å². The van der Waals surface area contributed by atoms with Crippen LogP contribution in [0, 0.1) is 11.8 Å². The van der Waals surface area contributed by atoms with Crippen molar-refractivity contribution in [2.24, 2.45) is 0 Å². The molecule has 1 nitrogen and oxygen atoms in total. The molecule has 1 aromatic carbocycles. The molecular formula is C15H9NS2. The first-order valence-corrected chi connectivity index (χ1v) is 7.18. The Bertz CT molecular complexity index is 685. The van der Waals surface area contributed by atoms with Gasteiger partial charge in [0, 0.05) is 5.56 Å². The Morgan fingerprint density at radius 3 is 2.61 bits per heavy atom. The molecule has 0 aliphatic rings. The minimum absolute atomic E-state index is 1.00. The fraction of sp³-hybridized carbons (Fsp3) is 0. The standard InChI is InChI=1S/C15H9NS2/c1-2-5-12(6-3-1)8-9-13-11-16-15(18-13)14-7-4-10-17-14/h1-7,10-11H. The first-order valence-electron chi connectivity index (χ1n) is 5.48. The van der Waals surface area contributed by atoms with Gasteiger partial charge in [-0.3, -0.25) is 0 Å². The molecule has 0 radical (unpaired) electrons. The van der Waals surface area contributed by atoms with Gasteiger partial charge in [-0.25, -0.2) is 4.98 Å². The van der Waals surface area contributed by atoms with Gasteiger partial charge in [0.25, 0.3) is 0 Å². The average molecular weight is 267 g/mol. The van der Waals surface area contributed by atoms with Gasteiger partial charge in [-0.1, -0.05) is 30.2 Å². The van der Waals surface area contributed by atoms with E-state index in [1.54, 1.807) is 22.7 Å². The van der Waals surface area contributed by atoms with E-state index in [0.29, 0.717) is 0 Å². The fourth-order valence-corrected chi connectivity index (χ4v) is 3.07. The van der Waals surface area contributed by atoms with Crippen molar-refractivity contribution in [2.75, 3.05) is 0 Å². The van der Waals surface area contributed by atoms with E-state index >= 15 is 0 Å². The molecule has 0 spiro atoms. The third kappa shape index (κ3) is 2.51. The summed E-state index contributed by atoms with van der Waals surface area (Å²) in [6, 6.07) is 14.1. The number of nitrogens with zero attached hydrogens (tertiary/aromatic N) is 1. The van der Waals surface area contributed by atoms with Crippen LogP contribution in [0.1, 0.15) is 10.4 Å². The topological polar surface area (TPSA) is 12.9 Å². The monoisotopic (exact) mass is 267 g/mol. The lowest BCUT2D eigenvalue weighted by molar-refractivity contribution is 1.42. The first-order chi connectivity index (χ1) is 8.92. The maximum absolute atomic E-state index is 4.40. The van der Waals surface area contributed by atoms with E-state index in [9.17, 15) is 0 Å². The third-order valence-corrected chi connectivity index (χ3v) is 4.29. The van der Waals surface area contributed by atoms with Crippen molar-refractivity contribution in [1.29, 1.82) is 0 Å². The summed E-state index contributed by atoms with van der Waals surface area (Å²) in [7, 11) is 0. The molecule has 0 unspecified atom stereocenters. The summed E-state index contributed by atoms with van der Waals surface area (Å²) in [5.41, 5.74) is 1.03. The van der Waals surface area contributed by atoms with Crippen LogP contribution < -0.4 is 0 Å². The van der Waals surface area contributed by atoms with Crippen LogP contribution in [0.5, 0.6) is 0 Å². The predicted molar refractivity (Wildman–Crippen MR) is 77.8 cm³/mol. The summed E-state index contributed by atoms with van der Waals surface area (Å²) < 4.78 is 0. The van der Waals surface area contributed by atoms with Crippen molar-refractivity contribution in [1.82, 2.24) is 4.98 Å². The second-order valence-electron chi connectivity index (χ2n) is 3.62. The summed E-state index contributed by atoms with van der Waals surface area (Å²) >= 11 is 3.34. The lowest BCUT2D eigenvalue weighted by Gasteiger charge is -1.86. The number of hydrogen-bond donors (Lipinski definition) is 0. The molecule has 3 rings (SSSR count). The Morgan fingerprint density at radius 2 is 1.83 bits per heavy atom. The number of benzene rings is 1. The molecule has 0 aliphatic carbocycles. The van der Waals surface area contributed by atoms with Crippen LogP contribution in [0.15, 0.2) is 54.0 Å². The summed E-state index contributed by atoms with van der Waals surface area (Å²) in [5, 5.41) is 3.11. The number of rotatable bonds is 1. The normalized spacial score (nSPS) is 9.78. The molecule has 18 heavy (non-hydrogen) atoms. The van der Waals surface area contributed by atoms with E-state index in [0.717, 1.165) is 15.4 Å². The Morgan fingerprint density at radius 1 is 0.944 bits per heavy atom. The van der Waals surface area contributed by atoms with Crippen molar-refractivity contribution in [2.45, 2.75) is 0 Å². The molecule has 0 saturated carbocycles. The molecule has 0 aliphatic heterocycles. The van der Waals surface area contributed by atoms with Crippen molar-refractivity contribution in [3.05, 3.63) is 64.5 Å². The van der Waals surface area contributed by atoms with E-state index < -0.39 is 0 Å². The van der Waals surface area contributed by atoms with Gasteiger partial charge in [0.2, 0.25) is 0 Å². The molecule has 2 heterocycles. The molecular weight excluding hydrogens is 258 g/mol. The first kappa shape index (κ1) is 11.2. The van der Waals surface area contributed by atoms with Gasteiger partial charge in [0.05, 0.1) is 16.0 Å². The Labute approximate surface area is 114 Å². The minimum atomic E-state index is 1.00. The minimum Gasteiger partial charge on any atom is -0.242 e. The van der Waals surface area contributed by atoms with Crippen LogP contribution in [0.4, 0.5) is 0 Å². The van der Waals surface area contributed by atoms with Crippen molar-refractivity contribution < 1.29 is 0 Å². The highest BCUT2D eigenvalue weighted by molar-refractivity contribution is 7.21. The molecule has 3 heteroatoms. The summed E-state index contributed by atoms with van der Waals surface area (Å²) in [4.78, 5) is 6.60. The van der Waals surface area contributed by atoms with Gasteiger partial charge >= 0.3 is 0 Å². The summed E-state index contributed by atoms with van der Waals surface area (Å²) in [6.07, 6.45) is 1.84. The van der Waals surface area contributed by atoms with E-state index in [-0.39, 0.29) is 0 Å². The Kier molecular flexibility index (Phi) is 3.22.